The van der Waals surface area contributed by atoms with Crippen LogP contribution in [0.15, 0.2) is 29.5 Å². The van der Waals surface area contributed by atoms with E-state index in [1.165, 1.54) is 0 Å². The molecule has 1 heterocycles. The van der Waals surface area contributed by atoms with Crippen LogP contribution in [0.4, 0.5) is 0 Å². The van der Waals surface area contributed by atoms with Gasteiger partial charge in [-0.1, -0.05) is 6.07 Å². The Kier molecular flexibility index (Phi) is 2.90. The summed E-state index contributed by atoms with van der Waals surface area (Å²) >= 11 is 4.49. The Balaban J connectivity index is 2.84. The van der Waals surface area contributed by atoms with E-state index < -0.39 is 0 Å². The number of nitrogens with zero attached hydrogens (tertiary/aromatic N) is 2. The maximum absolute atomic E-state index is 4.49. The van der Waals surface area contributed by atoms with Crippen LogP contribution < -0.4 is 0 Å². The Morgan fingerprint density at radius 3 is 3.09 bits per heavy atom. The van der Waals surface area contributed by atoms with Crippen LogP contribution in [0.25, 0.3) is 0 Å². The molecular weight excluding hydrogens is 156 g/mol. The van der Waals surface area contributed by atoms with Gasteiger partial charge in [-0.25, -0.2) is 4.99 Å². The predicted octanol–water partition coefficient (Wildman–Crippen LogP) is 2.25. The Bertz CT molecular complexity index is 265. The summed E-state index contributed by atoms with van der Waals surface area (Å²) in [5.74, 6) is 0. The van der Waals surface area contributed by atoms with Crippen molar-refractivity contribution in [1.29, 1.82) is 0 Å². The molecular formula is C8H8N2S. The Labute approximate surface area is 71.0 Å². The normalized spacial score (nSPS) is 11.7. The maximum atomic E-state index is 4.49. The summed E-state index contributed by atoms with van der Waals surface area (Å²) in [6, 6.07) is 3.92. The monoisotopic (exact) mass is 164 g/mol. The number of thiocarbonyl (C=S) groups is 1. The smallest absolute Gasteiger partial charge is 0.0838 e. The maximum Gasteiger partial charge on any atom is 0.0838 e. The molecule has 1 aromatic heterocycles. The highest BCUT2D eigenvalue weighted by molar-refractivity contribution is 7.78. The molecule has 1 rings (SSSR count). The zero-order valence-corrected chi connectivity index (χ0v) is 7.01. The van der Waals surface area contributed by atoms with Gasteiger partial charge in [0.1, 0.15) is 0 Å². The first-order chi connectivity index (χ1) is 5.34. The molecule has 0 aliphatic carbocycles. The number of pyridine rings is 1. The second kappa shape index (κ2) is 3.96. The molecule has 0 radical (unpaired) electrons. The molecule has 3 heteroatoms. The van der Waals surface area contributed by atoms with E-state index >= 15 is 0 Å². The van der Waals surface area contributed by atoms with E-state index in [0.29, 0.717) is 0 Å². The number of aromatic nitrogens is 1. The summed E-state index contributed by atoms with van der Waals surface area (Å²) in [5.41, 5.74) is 1.06. The van der Waals surface area contributed by atoms with Crippen LogP contribution in [-0.4, -0.2) is 10.1 Å². The molecule has 0 aromatic carbocycles. The van der Waals surface area contributed by atoms with Crippen molar-refractivity contribution in [2.45, 2.75) is 13.0 Å². The van der Waals surface area contributed by atoms with E-state index in [9.17, 15) is 0 Å². The van der Waals surface area contributed by atoms with Gasteiger partial charge in [-0.05, 0) is 30.8 Å². The Hall–Kier alpha value is -1.05. The molecule has 1 atom stereocenters. The van der Waals surface area contributed by atoms with Gasteiger partial charge in [0.2, 0.25) is 0 Å². The minimum absolute atomic E-state index is 0.0706. The summed E-state index contributed by atoms with van der Waals surface area (Å²) in [5, 5.41) is 2.35. The third-order valence-electron chi connectivity index (χ3n) is 1.41. The second-order valence-corrected chi connectivity index (χ2v) is 2.37. The van der Waals surface area contributed by atoms with Crippen LogP contribution in [0.1, 0.15) is 18.5 Å². The summed E-state index contributed by atoms with van der Waals surface area (Å²) < 4.78 is 0. The first kappa shape index (κ1) is 8.05. The van der Waals surface area contributed by atoms with Crippen LogP contribution in [0.5, 0.6) is 0 Å². The molecule has 0 saturated heterocycles. The molecule has 2 nitrogen and oxygen atoms in total. The average molecular weight is 164 g/mol. The van der Waals surface area contributed by atoms with Crippen LogP contribution in [0.2, 0.25) is 0 Å². The van der Waals surface area contributed by atoms with E-state index in [0.717, 1.165) is 5.56 Å². The highest BCUT2D eigenvalue weighted by Crippen LogP contribution is 2.13. The first-order valence-corrected chi connectivity index (χ1v) is 3.72. The van der Waals surface area contributed by atoms with E-state index in [4.69, 9.17) is 0 Å². The van der Waals surface area contributed by atoms with Gasteiger partial charge in [-0.2, -0.15) is 0 Å². The van der Waals surface area contributed by atoms with Gasteiger partial charge in [-0.3, -0.25) is 4.98 Å². The predicted molar refractivity (Wildman–Crippen MR) is 47.7 cm³/mol. The van der Waals surface area contributed by atoms with Crippen molar-refractivity contribution < 1.29 is 0 Å². The lowest BCUT2D eigenvalue weighted by molar-refractivity contribution is 0.821. The Morgan fingerprint density at radius 2 is 2.55 bits per heavy atom. The standard InChI is InChI=1S/C8H8N2S/c1-7(10-6-11)8-3-2-4-9-5-8/h2-5,7H,1H3. The molecule has 11 heavy (non-hydrogen) atoms. The number of isothiocyanates is 1. The fraction of sp³-hybridized carbons (Fsp3) is 0.250. The third kappa shape index (κ3) is 2.22. The fourth-order valence-corrected chi connectivity index (χ4v) is 0.935. The zero-order valence-electron chi connectivity index (χ0n) is 6.19. The van der Waals surface area contributed by atoms with Gasteiger partial charge in [0, 0.05) is 12.4 Å². The highest BCUT2D eigenvalue weighted by Gasteiger charge is 1.99. The lowest BCUT2D eigenvalue weighted by Crippen LogP contribution is -1.88. The SMILES string of the molecule is CC(N=C=S)c1cccnc1. The van der Waals surface area contributed by atoms with Gasteiger partial charge >= 0.3 is 0 Å². The van der Waals surface area contributed by atoms with E-state index in [1.54, 1.807) is 12.4 Å². The van der Waals surface area contributed by atoms with Crippen molar-refractivity contribution in [3.05, 3.63) is 30.1 Å². The number of aliphatic imine (C=N–C) groups is 1. The molecule has 0 saturated carbocycles. The topological polar surface area (TPSA) is 25.2 Å². The van der Waals surface area contributed by atoms with Crippen molar-refractivity contribution in [2.75, 3.05) is 0 Å². The molecule has 0 bridgehead atoms. The second-order valence-electron chi connectivity index (χ2n) is 2.18. The van der Waals surface area contributed by atoms with E-state index in [2.05, 4.69) is 27.4 Å². The van der Waals surface area contributed by atoms with Crippen LogP contribution >= 0.6 is 12.2 Å². The third-order valence-corrected chi connectivity index (χ3v) is 1.52. The Morgan fingerprint density at radius 1 is 1.73 bits per heavy atom. The van der Waals surface area contributed by atoms with Gasteiger partial charge in [-0.15, -0.1) is 0 Å². The molecule has 0 aliphatic rings. The number of hydrogen-bond acceptors (Lipinski definition) is 3. The van der Waals surface area contributed by atoms with Crippen LogP contribution in [0, 0.1) is 0 Å². The minimum Gasteiger partial charge on any atom is -0.264 e. The molecule has 0 fully saturated rings. The fourth-order valence-electron chi connectivity index (χ4n) is 0.777. The lowest BCUT2D eigenvalue weighted by atomic mass is 10.2. The molecule has 1 aromatic rings. The van der Waals surface area contributed by atoms with Gasteiger partial charge in [0.15, 0.2) is 0 Å². The molecule has 0 amide bonds. The molecule has 1 unspecified atom stereocenters. The molecule has 0 spiro atoms. The number of rotatable bonds is 2. The summed E-state index contributed by atoms with van der Waals surface area (Å²) in [7, 11) is 0. The lowest BCUT2D eigenvalue weighted by Gasteiger charge is -2.01. The highest BCUT2D eigenvalue weighted by atomic mass is 32.1. The van der Waals surface area contributed by atoms with Crippen molar-refractivity contribution in [2.24, 2.45) is 4.99 Å². The first-order valence-electron chi connectivity index (χ1n) is 3.31. The average Bonchev–Trinajstić information content (AvgIpc) is 2.07. The summed E-state index contributed by atoms with van der Waals surface area (Å²) in [6.07, 6.45) is 3.51. The number of hydrogen-bond donors (Lipinski definition) is 0. The van der Waals surface area contributed by atoms with Crippen molar-refractivity contribution in [1.82, 2.24) is 4.98 Å². The zero-order chi connectivity index (χ0) is 8.10. The van der Waals surface area contributed by atoms with E-state index in [1.807, 2.05) is 19.1 Å². The summed E-state index contributed by atoms with van der Waals surface area (Å²) in [4.78, 5) is 7.89. The van der Waals surface area contributed by atoms with Crippen LogP contribution in [0.3, 0.4) is 0 Å². The quantitative estimate of drug-likeness (QED) is 0.494. The van der Waals surface area contributed by atoms with Crippen molar-refractivity contribution in [3.63, 3.8) is 0 Å². The largest absolute Gasteiger partial charge is 0.264 e. The molecule has 0 N–H and O–H groups in total. The van der Waals surface area contributed by atoms with Crippen molar-refractivity contribution in [3.8, 4) is 0 Å². The van der Waals surface area contributed by atoms with Gasteiger partial charge in [0.25, 0.3) is 0 Å². The van der Waals surface area contributed by atoms with Gasteiger partial charge in [0.05, 0.1) is 11.2 Å². The minimum atomic E-state index is 0.0706. The van der Waals surface area contributed by atoms with E-state index in [-0.39, 0.29) is 6.04 Å². The summed E-state index contributed by atoms with van der Waals surface area (Å²) in [6.45, 7) is 1.95. The van der Waals surface area contributed by atoms with Crippen LogP contribution in [-0.2, 0) is 0 Å². The van der Waals surface area contributed by atoms with Gasteiger partial charge < -0.3 is 0 Å². The van der Waals surface area contributed by atoms with Crippen molar-refractivity contribution >= 4 is 17.4 Å². The molecule has 56 valence electrons. The molecule has 0 aliphatic heterocycles.